The fourth-order valence-corrected chi connectivity index (χ4v) is 0.969. The molecular weight excluding hydrogens is 186 g/mol. The smallest absolute Gasteiger partial charge is 0.337 e. The van der Waals surface area contributed by atoms with Gasteiger partial charge in [-0.25, -0.2) is 4.79 Å². The van der Waals surface area contributed by atoms with Gasteiger partial charge in [0, 0.05) is 6.20 Å². The van der Waals surface area contributed by atoms with E-state index in [1.807, 2.05) is 0 Å². The van der Waals surface area contributed by atoms with Gasteiger partial charge in [0.05, 0.1) is 25.0 Å². The van der Waals surface area contributed by atoms with Gasteiger partial charge in [-0.05, 0) is 12.1 Å². The van der Waals surface area contributed by atoms with E-state index in [1.165, 1.54) is 25.4 Å². The zero-order valence-corrected chi connectivity index (χ0v) is 7.67. The van der Waals surface area contributed by atoms with E-state index >= 15 is 0 Å². The van der Waals surface area contributed by atoms with Crippen LogP contribution >= 0.6 is 0 Å². The Labute approximate surface area is 81.0 Å². The van der Waals surface area contributed by atoms with E-state index in [0.29, 0.717) is 5.56 Å². The van der Waals surface area contributed by atoms with Crippen LogP contribution in [0.25, 0.3) is 0 Å². The third-order valence-electron chi connectivity index (χ3n) is 1.72. The van der Waals surface area contributed by atoms with Crippen molar-refractivity contribution < 1.29 is 19.7 Å². The van der Waals surface area contributed by atoms with Crippen LogP contribution in [0.5, 0.6) is 0 Å². The van der Waals surface area contributed by atoms with E-state index in [9.17, 15) is 9.90 Å². The van der Waals surface area contributed by atoms with Crippen molar-refractivity contribution in [2.45, 2.75) is 6.10 Å². The Balaban J connectivity index is 2.95. The molecule has 1 unspecified atom stereocenters. The zero-order valence-electron chi connectivity index (χ0n) is 7.67. The second-order valence-electron chi connectivity index (χ2n) is 2.66. The number of pyridine rings is 1. The summed E-state index contributed by atoms with van der Waals surface area (Å²) in [5, 5.41) is 17.9. The number of ether oxygens (including phenoxy) is 1. The predicted molar refractivity (Wildman–Crippen MR) is 47.6 cm³/mol. The molecule has 1 rings (SSSR count). The number of carbonyl (C=O) groups is 1. The molecule has 0 fully saturated rings. The summed E-state index contributed by atoms with van der Waals surface area (Å²) in [6.07, 6.45) is 0.306. The number of esters is 1. The van der Waals surface area contributed by atoms with Crippen molar-refractivity contribution in [1.82, 2.24) is 4.98 Å². The summed E-state index contributed by atoms with van der Waals surface area (Å²) in [6, 6.07) is 2.85. The lowest BCUT2D eigenvalue weighted by Gasteiger charge is -2.06. The number of aliphatic hydroxyl groups is 2. The highest BCUT2D eigenvalue weighted by Crippen LogP contribution is 2.11. The molecule has 0 aliphatic heterocycles. The van der Waals surface area contributed by atoms with Crippen LogP contribution in [-0.2, 0) is 4.74 Å². The molecule has 0 radical (unpaired) electrons. The number of hydrogen-bond acceptors (Lipinski definition) is 5. The molecular formula is C9H11NO4. The monoisotopic (exact) mass is 197 g/mol. The van der Waals surface area contributed by atoms with E-state index in [0.717, 1.165) is 0 Å². The third-order valence-corrected chi connectivity index (χ3v) is 1.72. The van der Waals surface area contributed by atoms with Crippen LogP contribution in [0.4, 0.5) is 0 Å². The average Bonchev–Trinajstić information content (AvgIpc) is 2.27. The number of methoxy groups -OCH3 is 1. The number of hydrogen-bond donors (Lipinski definition) is 2. The van der Waals surface area contributed by atoms with Crippen LogP contribution in [0, 0.1) is 0 Å². The molecule has 1 heterocycles. The molecule has 0 aliphatic carbocycles. The number of rotatable bonds is 3. The van der Waals surface area contributed by atoms with Crippen molar-refractivity contribution in [2.24, 2.45) is 0 Å². The van der Waals surface area contributed by atoms with Crippen molar-refractivity contribution in [2.75, 3.05) is 13.7 Å². The minimum absolute atomic E-state index is 0.246. The summed E-state index contributed by atoms with van der Waals surface area (Å²) >= 11 is 0. The first-order chi connectivity index (χ1) is 6.69. The number of carbonyl (C=O) groups excluding carboxylic acids is 1. The molecule has 0 saturated carbocycles. The molecule has 1 aromatic rings. The molecule has 0 saturated heterocycles. The van der Waals surface area contributed by atoms with Crippen LogP contribution in [0.2, 0.25) is 0 Å². The Kier molecular flexibility index (Phi) is 3.55. The second-order valence-corrected chi connectivity index (χ2v) is 2.66. The molecule has 0 bridgehead atoms. The SMILES string of the molecule is COC(=O)c1ccnc(C(O)CO)c1. The Bertz CT molecular complexity index is 326. The van der Waals surface area contributed by atoms with Crippen LogP contribution in [0.15, 0.2) is 18.3 Å². The fourth-order valence-electron chi connectivity index (χ4n) is 0.969. The Morgan fingerprint density at radius 3 is 3.00 bits per heavy atom. The molecule has 5 heteroatoms. The van der Waals surface area contributed by atoms with E-state index in [-0.39, 0.29) is 5.69 Å². The first-order valence-corrected chi connectivity index (χ1v) is 4.02. The van der Waals surface area contributed by atoms with Crippen LogP contribution in [0.1, 0.15) is 22.2 Å². The maximum absolute atomic E-state index is 11.1. The lowest BCUT2D eigenvalue weighted by Crippen LogP contribution is -2.08. The molecule has 2 N–H and O–H groups in total. The summed E-state index contributed by atoms with van der Waals surface area (Å²) in [7, 11) is 1.27. The fraction of sp³-hybridized carbons (Fsp3) is 0.333. The number of aromatic nitrogens is 1. The van der Waals surface area contributed by atoms with Gasteiger partial charge in [-0.15, -0.1) is 0 Å². The van der Waals surface area contributed by atoms with Crippen molar-refractivity contribution in [3.8, 4) is 0 Å². The first-order valence-electron chi connectivity index (χ1n) is 4.02. The van der Waals surface area contributed by atoms with Crippen molar-refractivity contribution in [3.05, 3.63) is 29.6 Å². The first kappa shape index (κ1) is 10.6. The maximum atomic E-state index is 11.1. The van der Waals surface area contributed by atoms with Gasteiger partial charge in [0.2, 0.25) is 0 Å². The second kappa shape index (κ2) is 4.69. The topological polar surface area (TPSA) is 79.7 Å². The van der Waals surface area contributed by atoms with E-state index in [4.69, 9.17) is 5.11 Å². The van der Waals surface area contributed by atoms with Gasteiger partial charge in [-0.1, -0.05) is 0 Å². The van der Waals surface area contributed by atoms with Crippen molar-refractivity contribution in [1.29, 1.82) is 0 Å². The molecule has 0 spiro atoms. The minimum Gasteiger partial charge on any atom is -0.465 e. The highest BCUT2D eigenvalue weighted by molar-refractivity contribution is 5.89. The van der Waals surface area contributed by atoms with E-state index in [2.05, 4.69) is 9.72 Å². The molecule has 0 aliphatic rings. The van der Waals surface area contributed by atoms with Gasteiger partial charge in [-0.3, -0.25) is 4.98 Å². The van der Waals surface area contributed by atoms with Gasteiger partial charge >= 0.3 is 5.97 Å². The molecule has 1 aromatic heterocycles. The van der Waals surface area contributed by atoms with Crippen molar-refractivity contribution >= 4 is 5.97 Å². The number of aliphatic hydroxyl groups excluding tert-OH is 2. The largest absolute Gasteiger partial charge is 0.465 e. The van der Waals surface area contributed by atoms with Gasteiger partial charge in [0.15, 0.2) is 0 Å². The Morgan fingerprint density at radius 1 is 1.71 bits per heavy atom. The van der Waals surface area contributed by atoms with E-state index in [1.54, 1.807) is 0 Å². The molecule has 1 atom stereocenters. The Hall–Kier alpha value is -1.46. The van der Waals surface area contributed by atoms with Gasteiger partial charge < -0.3 is 14.9 Å². The molecule has 5 nitrogen and oxygen atoms in total. The Morgan fingerprint density at radius 2 is 2.43 bits per heavy atom. The number of nitrogens with zero attached hydrogens (tertiary/aromatic N) is 1. The standard InChI is InChI=1S/C9H11NO4/c1-14-9(13)6-2-3-10-7(4-6)8(12)5-11/h2-4,8,11-12H,5H2,1H3. The van der Waals surface area contributed by atoms with Crippen LogP contribution in [-0.4, -0.2) is 34.9 Å². The van der Waals surface area contributed by atoms with Gasteiger partial charge in [-0.2, -0.15) is 0 Å². The molecule has 76 valence electrons. The lowest BCUT2D eigenvalue weighted by molar-refractivity contribution is 0.0599. The summed E-state index contributed by atoms with van der Waals surface area (Å²) < 4.78 is 4.49. The van der Waals surface area contributed by atoms with Crippen LogP contribution < -0.4 is 0 Å². The summed E-state index contributed by atoms with van der Waals surface area (Å²) in [4.78, 5) is 14.9. The molecule has 14 heavy (non-hydrogen) atoms. The van der Waals surface area contributed by atoms with Gasteiger partial charge in [0.25, 0.3) is 0 Å². The minimum atomic E-state index is -1.07. The molecule has 0 amide bonds. The maximum Gasteiger partial charge on any atom is 0.337 e. The van der Waals surface area contributed by atoms with Crippen LogP contribution in [0.3, 0.4) is 0 Å². The lowest BCUT2D eigenvalue weighted by atomic mass is 10.2. The summed E-state index contributed by atoms with van der Waals surface area (Å²) in [5.74, 6) is -0.501. The normalized spacial score (nSPS) is 12.2. The highest BCUT2D eigenvalue weighted by Gasteiger charge is 2.11. The highest BCUT2D eigenvalue weighted by atomic mass is 16.5. The van der Waals surface area contributed by atoms with Crippen molar-refractivity contribution in [3.63, 3.8) is 0 Å². The predicted octanol–water partition coefficient (Wildman–Crippen LogP) is -0.106. The average molecular weight is 197 g/mol. The quantitative estimate of drug-likeness (QED) is 0.661. The summed E-state index contributed by atoms with van der Waals surface area (Å²) in [5.41, 5.74) is 0.542. The van der Waals surface area contributed by atoms with E-state index < -0.39 is 18.7 Å². The van der Waals surface area contributed by atoms with Gasteiger partial charge in [0.1, 0.15) is 6.10 Å². The summed E-state index contributed by atoms with van der Waals surface area (Å²) in [6.45, 7) is -0.433. The zero-order chi connectivity index (χ0) is 10.6. The third kappa shape index (κ3) is 2.27. The molecule has 0 aromatic carbocycles.